The third kappa shape index (κ3) is 8.82. The first-order valence-electron chi connectivity index (χ1n) is 5.28. The van der Waals surface area contributed by atoms with Gasteiger partial charge in [0.2, 0.25) is 0 Å². The molecule has 0 aliphatic rings. The number of esters is 1. The lowest BCUT2D eigenvalue weighted by molar-refractivity contribution is -0.145. The standard InChI is InChI=1S/C10H18O6S/c1-3-16-10(12)7-9(11)8-17(13,14)6-4-5-15-2/h3-8H2,1-2H3. The van der Waals surface area contributed by atoms with Crippen LogP contribution in [0.2, 0.25) is 0 Å². The van der Waals surface area contributed by atoms with Gasteiger partial charge >= 0.3 is 5.97 Å². The topological polar surface area (TPSA) is 86.7 Å². The predicted molar refractivity (Wildman–Crippen MR) is 61.4 cm³/mol. The van der Waals surface area contributed by atoms with Crippen LogP contribution in [-0.4, -0.2) is 52.0 Å². The Labute approximate surface area is 101 Å². The molecule has 6 nitrogen and oxygen atoms in total. The molecule has 0 aromatic carbocycles. The molecule has 0 heterocycles. The maximum absolute atomic E-state index is 11.4. The number of hydrogen-bond donors (Lipinski definition) is 0. The molecule has 0 aliphatic heterocycles. The third-order valence-corrected chi connectivity index (χ3v) is 3.50. The monoisotopic (exact) mass is 266 g/mol. The van der Waals surface area contributed by atoms with E-state index in [1.165, 1.54) is 7.11 Å². The fourth-order valence-electron chi connectivity index (χ4n) is 1.16. The lowest BCUT2D eigenvalue weighted by Crippen LogP contribution is -2.22. The molecular formula is C10H18O6S. The Morgan fingerprint density at radius 3 is 2.41 bits per heavy atom. The molecule has 0 spiro atoms. The highest BCUT2D eigenvalue weighted by molar-refractivity contribution is 7.92. The van der Waals surface area contributed by atoms with E-state index >= 15 is 0 Å². The summed E-state index contributed by atoms with van der Waals surface area (Å²) in [7, 11) is -1.98. The Kier molecular flexibility index (Phi) is 7.73. The number of hydrogen-bond acceptors (Lipinski definition) is 6. The Morgan fingerprint density at radius 2 is 1.88 bits per heavy atom. The highest BCUT2D eigenvalue weighted by atomic mass is 32.2. The molecule has 0 saturated carbocycles. The van der Waals surface area contributed by atoms with E-state index in [2.05, 4.69) is 4.74 Å². The Bertz CT molecular complexity index is 346. The molecule has 0 N–H and O–H groups in total. The number of ketones is 1. The molecule has 0 radical (unpaired) electrons. The first kappa shape index (κ1) is 16.1. The summed E-state index contributed by atoms with van der Waals surface area (Å²) in [5.41, 5.74) is 0. The number of carbonyl (C=O) groups excluding carboxylic acids is 2. The van der Waals surface area contributed by atoms with E-state index in [9.17, 15) is 18.0 Å². The molecule has 100 valence electrons. The molecule has 0 unspecified atom stereocenters. The van der Waals surface area contributed by atoms with Crippen molar-refractivity contribution in [1.29, 1.82) is 0 Å². The van der Waals surface area contributed by atoms with E-state index < -0.39 is 33.8 Å². The van der Waals surface area contributed by atoms with Crippen molar-refractivity contribution in [2.75, 3.05) is 31.8 Å². The molecule has 0 rings (SSSR count). The lowest BCUT2D eigenvalue weighted by Gasteiger charge is -2.03. The Hall–Kier alpha value is -0.950. The molecule has 7 heteroatoms. The van der Waals surface area contributed by atoms with Crippen LogP contribution in [0.3, 0.4) is 0 Å². The van der Waals surface area contributed by atoms with E-state index in [4.69, 9.17) is 4.74 Å². The zero-order chi connectivity index (χ0) is 13.3. The van der Waals surface area contributed by atoms with Crippen molar-refractivity contribution in [1.82, 2.24) is 0 Å². The van der Waals surface area contributed by atoms with Gasteiger partial charge in [-0.1, -0.05) is 0 Å². The van der Waals surface area contributed by atoms with Crippen molar-refractivity contribution < 1.29 is 27.5 Å². The van der Waals surface area contributed by atoms with Crippen LogP contribution in [0.5, 0.6) is 0 Å². The summed E-state index contributed by atoms with van der Waals surface area (Å²) in [4.78, 5) is 22.2. The van der Waals surface area contributed by atoms with E-state index in [1.54, 1.807) is 6.92 Å². The van der Waals surface area contributed by atoms with Crippen LogP contribution in [0, 0.1) is 0 Å². The third-order valence-electron chi connectivity index (χ3n) is 1.83. The fraction of sp³-hybridized carbons (Fsp3) is 0.800. The first-order chi connectivity index (χ1) is 7.91. The van der Waals surface area contributed by atoms with Gasteiger partial charge in [0.1, 0.15) is 12.2 Å². The van der Waals surface area contributed by atoms with Crippen LogP contribution in [0.4, 0.5) is 0 Å². The van der Waals surface area contributed by atoms with Crippen molar-refractivity contribution in [3.63, 3.8) is 0 Å². The van der Waals surface area contributed by atoms with Crippen LogP contribution < -0.4 is 0 Å². The molecule has 0 fully saturated rings. The normalized spacial score (nSPS) is 11.2. The molecule has 0 saturated heterocycles. The van der Waals surface area contributed by atoms with Crippen molar-refractivity contribution in [3.8, 4) is 0 Å². The van der Waals surface area contributed by atoms with Crippen molar-refractivity contribution in [2.45, 2.75) is 19.8 Å². The van der Waals surface area contributed by atoms with Gasteiger partial charge in [0.15, 0.2) is 15.6 Å². The molecule has 0 atom stereocenters. The molecule has 0 aliphatic carbocycles. The number of rotatable bonds is 9. The minimum Gasteiger partial charge on any atom is -0.466 e. The SMILES string of the molecule is CCOC(=O)CC(=O)CS(=O)(=O)CCCOC. The van der Waals surface area contributed by atoms with Crippen molar-refractivity contribution in [3.05, 3.63) is 0 Å². The zero-order valence-electron chi connectivity index (χ0n) is 10.1. The molecule has 0 aromatic heterocycles. The lowest BCUT2D eigenvalue weighted by atomic mass is 10.3. The highest BCUT2D eigenvalue weighted by Gasteiger charge is 2.19. The largest absolute Gasteiger partial charge is 0.466 e. The zero-order valence-corrected chi connectivity index (χ0v) is 10.9. The van der Waals surface area contributed by atoms with E-state index in [0.717, 1.165) is 0 Å². The second-order valence-corrected chi connectivity index (χ2v) is 5.64. The maximum Gasteiger partial charge on any atom is 0.313 e. The van der Waals surface area contributed by atoms with E-state index in [1.807, 2.05) is 0 Å². The van der Waals surface area contributed by atoms with E-state index in [0.29, 0.717) is 13.0 Å². The average Bonchev–Trinajstić information content (AvgIpc) is 2.16. The fourth-order valence-corrected chi connectivity index (χ4v) is 2.46. The summed E-state index contributed by atoms with van der Waals surface area (Å²) in [5.74, 6) is -2.06. The Balaban J connectivity index is 4.05. The van der Waals surface area contributed by atoms with Gasteiger partial charge in [-0.05, 0) is 13.3 Å². The molecule has 0 amide bonds. The van der Waals surface area contributed by atoms with Gasteiger partial charge in [-0.25, -0.2) is 8.42 Å². The maximum atomic E-state index is 11.4. The summed E-state index contributed by atoms with van der Waals surface area (Å²) in [5, 5.41) is 0. The van der Waals surface area contributed by atoms with Crippen LogP contribution in [-0.2, 0) is 28.9 Å². The Morgan fingerprint density at radius 1 is 1.24 bits per heavy atom. The van der Waals surface area contributed by atoms with Gasteiger partial charge in [-0.15, -0.1) is 0 Å². The second kappa shape index (κ2) is 8.19. The number of sulfone groups is 1. The van der Waals surface area contributed by atoms with Crippen LogP contribution in [0.25, 0.3) is 0 Å². The summed E-state index contributed by atoms with van der Waals surface area (Å²) < 4.78 is 32.1. The minimum absolute atomic E-state index is 0.116. The minimum atomic E-state index is -3.45. The van der Waals surface area contributed by atoms with Gasteiger partial charge < -0.3 is 9.47 Å². The van der Waals surface area contributed by atoms with Gasteiger partial charge in [0.25, 0.3) is 0 Å². The van der Waals surface area contributed by atoms with Gasteiger partial charge in [0.05, 0.1) is 12.4 Å². The molecule has 0 aromatic rings. The first-order valence-corrected chi connectivity index (χ1v) is 7.10. The van der Waals surface area contributed by atoms with Gasteiger partial charge in [-0.3, -0.25) is 9.59 Å². The van der Waals surface area contributed by atoms with Gasteiger partial charge in [-0.2, -0.15) is 0 Å². The number of carbonyl (C=O) groups is 2. The van der Waals surface area contributed by atoms with Crippen LogP contribution in [0.15, 0.2) is 0 Å². The summed E-state index contributed by atoms with van der Waals surface area (Å²) >= 11 is 0. The van der Waals surface area contributed by atoms with Crippen molar-refractivity contribution >= 4 is 21.6 Å². The molecule has 17 heavy (non-hydrogen) atoms. The highest BCUT2D eigenvalue weighted by Crippen LogP contribution is 1.98. The summed E-state index contributed by atoms with van der Waals surface area (Å²) in [6.07, 6.45) is -0.150. The van der Waals surface area contributed by atoms with Gasteiger partial charge in [0, 0.05) is 13.7 Å². The molecular weight excluding hydrogens is 248 g/mol. The average molecular weight is 266 g/mol. The van der Waals surface area contributed by atoms with E-state index in [-0.39, 0.29) is 12.4 Å². The summed E-state index contributed by atoms with van der Waals surface area (Å²) in [6.45, 7) is 2.11. The number of Topliss-reactive ketones (excluding diaryl/α,β-unsaturated/α-hetero) is 1. The predicted octanol–water partition coefficient (Wildman–Crippen LogP) is -0.0400. The smallest absolute Gasteiger partial charge is 0.313 e. The molecule has 0 bridgehead atoms. The second-order valence-electron chi connectivity index (χ2n) is 3.46. The number of methoxy groups -OCH3 is 1. The van der Waals surface area contributed by atoms with Crippen molar-refractivity contribution in [2.24, 2.45) is 0 Å². The summed E-state index contributed by atoms with van der Waals surface area (Å²) in [6, 6.07) is 0. The quantitative estimate of drug-likeness (QED) is 0.330. The van der Waals surface area contributed by atoms with Crippen LogP contribution >= 0.6 is 0 Å². The van der Waals surface area contributed by atoms with Crippen LogP contribution in [0.1, 0.15) is 19.8 Å². The number of ether oxygens (including phenoxy) is 2.